The molecule has 0 spiro atoms. The van der Waals surface area contributed by atoms with Crippen LogP contribution < -0.4 is 0 Å². The van der Waals surface area contributed by atoms with Gasteiger partial charge in [0.2, 0.25) is 0 Å². The maximum atomic E-state index is 9.94. The van der Waals surface area contributed by atoms with Crippen molar-refractivity contribution in [3.63, 3.8) is 0 Å². The van der Waals surface area contributed by atoms with Crippen molar-refractivity contribution < 1.29 is 5.11 Å². The molecule has 1 aromatic rings. The van der Waals surface area contributed by atoms with Gasteiger partial charge in [0.15, 0.2) is 0 Å². The zero-order valence-corrected chi connectivity index (χ0v) is 9.73. The number of hydrogen-bond acceptors (Lipinski definition) is 1. The number of benzene rings is 1. The molecular weight excluding hydrogens is 196 g/mol. The van der Waals surface area contributed by atoms with E-state index in [1.54, 1.807) is 0 Å². The molecule has 2 aliphatic carbocycles. The lowest BCUT2D eigenvalue weighted by molar-refractivity contribution is 0.164. The van der Waals surface area contributed by atoms with Gasteiger partial charge in [-0.2, -0.15) is 0 Å². The van der Waals surface area contributed by atoms with Crippen molar-refractivity contribution in [3.05, 3.63) is 35.4 Å². The highest BCUT2D eigenvalue weighted by Crippen LogP contribution is 2.39. The van der Waals surface area contributed by atoms with Crippen LogP contribution in [0.1, 0.15) is 61.5 Å². The average molecular weight is 216 g/mol. The molecule has 1 N–H and O–H groups in total. The second-order valence-corrected chi connectivity index (χ2v) is 5.40. The lowest BCUT2D eigenvalue weighted by Crippen LogP contribution is -2.13. The van der Waals surface area contributed by atoms with Gasteiger partial charge in [-0.25, -0.2) is 0 Å². The van der Waals surface area contributed by atoms with E-state index in [9.17, 15) is 5.11 Å². The summed E-state index contributed by atoms with van der Waals surface area (Å²) < 4.78 is 0. The van der Waals surface area contributed by atoms with Crippen LogP contribution in [0.25, 0.3) is 0 Å². The molecule has 0 bridgehead atoms. The highest BCUT2D eigenvalue weighted by molar-refractivity contribution is 5.31. The lowest BCUT2D eigenvalue weighted by atomic mass is 9.79. The largest absolute Gasteiger partial charge is 0.392 e. The smallest absolute Gasteiger partial charge is 0.0608 e. The minimum absolute atomic E-state index is 0.100. The molecule has 0 aliphatic heterocycles. The molecule has 0 amide bonds. The molecule has 3 rings (SSSR count). The molecule has 16 heavy (non-hydrogen) atoms. The summed E-state index contributed by atoms with van der Waals surface area (Å²) in [5.74, 6) is 1.21. The number of hydrogen-bond donors (Lipinski definition) is 1. The van der Waals surface area contributed by atoms with Crippen LogP contribution in [0, 0.1) is 0 Å². The van der Waals surface area contributed by atoms with Crippen LogP contribution in [0.4, 0.5) is 0 Å². The zero-order chi connectivity index (χ0) is 11.0. The molecule has 1 nitrogen and oxygen atoms in total. The van der Waals surface area contributed by atoms with Gasteiger partial charge >= 0.3 is 0 Å². The van der Waals surface area contributed by atoms with Gasteiger partial charge in [0, 0.05) is 5.92 Å². The molecular formula is C15H20O. The normalized spacial score (nSPS) is 30.3. The standard InChI is InChI=1S/C15H20O/c16-15-9-3-8-14(15)13-7-2-6-12(10-13)11-4-1-5-11/h2,6-7,10-11,14-16H,1,3-5,8-9H2. The molecule has 2 aliphatic rings. The second-order valence-electron chi connectivity index (χ2n) is 5.40. The topological polar surface area (TPSA) is 20.2 Å². The van der Waals surface area contributed by atoms with Crippen LogP contribution in [0.3, 0.4) is 0 Å². The first-order valence-corrected chi connectivity index (χ1v) is 6.62. The molecule has 2 atom stereocenters. The third-order valence-electron chi connectivity index (χ3n) is 4.39. The monoisotopic (exact) mass is 216 g/mol. The lowest BCUT2D eigenvalue weighted by Gasteiger charge is -2.27. The van der Waals surface area contributed by atoms with Crippen LogP contribution >= 0.6 is 0 Å². The minimum Gasteiger partial charge on any atom is -0.392 e. The van der Waals surface area contributed by atoms with E-state index in [1.165, 1.54) is 36.8 Å². The van der Waals surface area contributed by atoms with Gasteiger partial charge < -0.3 is 5.11 Å². The summed E-state index contributed by atoms with van der Waals surface area (Å²) in [6.45, 7) is 0. The Morgan fingerprint density at radius 3 is 2.31 bits per heavy atom. The van der Waals surface area contributed by atoms with E-state index in [2.05, 4.69) is 24.3 Å². The minimum atomic E-state index is -0.100. The first kappa shape index (κ1) is 10.3. The van der Waals surface area contributed by atoms with Crippen LogP contribution in [-0.4, -0.2) is 11.2 Å². The van der Waals surface area contributed by atoms with Crippen LogP contribution in [0.15, 0.2) is 24.3 Å². The highest BCUT2D eigenvalue weighted by atomic mass is 16.3. The van der Waals surface area contributed by atoms with E-state index >= 15 is 0 Å². The Bertz CT molecular complexity index is 367. The van der Waals surface area contributed by atoms with Gasteiger partial charge in [0.25, 0.3) is 0 Å². The van der Waals surface area contributed by atoms with Crippen molar-refractivity contribution in [2.45, 2.75) is 56.5 Å². The quantitative estimate of drug-likeness (QED) is 0.801. The molecule has 2 unspecified atom stereocenters. The first-order chi connectivity index (χ1) is 7.84. The van der Waals surface area contributed by atoms with E-state index < -0.39 is 0 Å². The molecule has 0 heterocycles. The predicted octanol–water partition coefficient (Wildman–Crippen LogP) is 3.58. The van der Waals surface area contributed by atoms with E-state index in [1.807, 2.05) is 0 Å². The summed E-state index contributed by atoms with van der Waals surface area (Å²) in [6.07, 6.45) is 7.33. The van der Waals surface area contributed by atoms with E-state index in [0.29, 0.717) is 5.92 Å². The number of aliphatic hydroxyl groups excluding tert-OH is 1. The van der Waals surface area contributed by atoms with Gasteiger partial charge in [0.1, 0.15) is 0 Å². The maximum absolute atomic E-state index is 9.94. The van der Waals surface area contributed by atoms with Crippen molar-refractivity contribution in [3.8, 4) is 0 Å². The Morgan fingerprint density at radius 2 is 1.69 bits per heavy atom. The maximum Gasteiger partial charge on any atom is 0.0608 e. The van der Waals surface area contributed by atoms with Crippen molar-refractivity contribution in [1.29, 1.82) is 0 Å². The Balaban J connectivity index is 1.83. The van der Waals surface area contributed by atoms with Gasteiger partial charge in [0.05, 0.1) is 6.10 Å². The first-order valence-electron chi connectivity index (χ1n) is 6.62. The van der Waals surface area contributed by atoms with Crippen LogP contribution in [0.5, 0.6) is 0 Å². The summed E-state index contributed by atoms with van der Waals surface area (Å²) in [5, 5.41) is 9.94. The Kier molecular flexibility index (Phi) is 2.72. The Hall–Kier alpha value is -0.820. The summed E-state index contributed by atoms with van der Waals surface area (Å²) in [7, 11) is 0. The van der Waals surface area contributed by atoms with E-state index in [-0.39, 0.29) is 6.10 Å². The van der Waals surface area contributed by atoms with Crippen molar-refractivity contribution in [2.75, 3.05) is 0 Å². The fraction of sp³-hybridized carbons (Fsp3) is 0.600. The third-order valence-corrected chi connectivity index (χ3v) is 4.39. The molecule has 1 heteroatoms. The SMILES string of the molecule is OC1CCCC1c1cccc(C2CCC2)c1. The fourth-order valence-electron chi connectivity index (χ4n) is 3.11. The van der Waals surface area contributed by atoms with Gasteiger partial charge in [-0.3, -0.25) is 0 Å². The van der Waals surface area contributed by atoms with Crippen molar-refractivity contribution in [2.24, 2.45) is 0 Å². The molecule has 0 aromatic heterocycles. The second kappa shape index (κ2) is 4.21. The average Bonchev–Trinajstić information content (AvgIpc) is 2.62. The molecule has 2 fully saturated rings. The summed E-state index contributed by atoms with van der Waals surface area (Å²) >= 11 is 0. The fourth-order valence-corrected chi connectivity index (χ4v) is 3.11. The van der Waals surface area contributed by atoms with Crippen molar-refractivity contribution in [1.82, 2.24) is 0 Å². The highest BCUT2D eigenvalue weighted by Gasteiger charge is 2.27. The van der Waals surface area contributed by atoms with E-state index in [0.717, 1.165) is 18.8 Å². The number of aliphatic hydroxyl groups is 1. The molecule has 2 saturated carbocycles. The third kappa shape index (κ3) is 1.78. The molecule has 1 aromatic carbocycles. The van der Waals surface area contributed by atoms with Crippen molar-refractivity contribution >= 4 is 0 Å². The summed E-state index contributed by atoms with van der Waals surface area (Å²) in [6, 6.07) is 8.98. The number of rotatable bonds is 2. The van der Waals surface area contributed by atoms with Gasteiger partial charge in [-0.1, -0.05) is 37.1 Å². The van der Waals surface area contributed by atoms with Gasteiger partial charge in [-0.05, 0) is 42.7 Å². The molecule has 0 saturated heterocycles. The molecule has 86 valence electrons. The van der Waals surface area contributed by atoms with Crippen LogP contribution in [-0.2, 0) is 0 Å². The van der Waals surface area contributed by atoms with E-state index in [4.69, 9.17) is 0 Å². The summed E-state index contributed by atoms with van der Waals surface area (Å²) in [5.41, 5.74) is 2.87. The van der Waals surface area contributed by atoms with Gasteiger partial charge in [-0.15, -0.1) is 0 Å². The predicted molar refractivity (Wildman–Crippen MR) is 65.6 cm³/mol. The molecule has 0 radical (unpaired) electrons. The Morgan fingerprint density at radius 1 is 0.938 bits per heavy atom. The summed E-state index contributed by atoms with van der Waals surface area (Å²) in [4.78, 5) is 0. The van der Waals surface area contributed by atoms with Crippen LogP contribution in [0.2, 0.25) is 0 Å². The Labute approximate surface area is 97.5 Å². The zero-order valence-electron chi connectivity index (χ0n) is 9.73.